The summed E-state index contributed by atoms with van der Waals surface area (Å²) in [6, 6.07) is 0.666. The Labute approximate surface area is 111 Å². The number of amides is 1. The van der Waals surface area contributed by atoms with Crippen molar-refractivity contribution in [2.24, 2.45) is 5.73 Å². The maximum absolute atomic E-state index is 11.7. The molecule has 0 aromatic carbocycles. The van der Waals surface area contributed by atoms with Gasteiger partial charge in [-0.3, -0.25) is 9.69 Å². The maximum atomic E-state index is 11.7. The van der Waals surface area contributed by atoms with Gasteiger partial charge in [0, 0.05) is 38.1 Å². The lowest BCUT2D eigenvalue weighted by molar-refractivity contribution is -0.122. The van der Waals surface area contributed by atoms with E-state index in [0.717, 1.165) is 6.54 Å². The summed E-state index contributed by atoms with van der Waals surface area (Å²) in [5.41, 5.74) is 5.82. The average Bonchev–Trinajstić information content (AvgIpc) is 2.35. The lowest BCUT2D eigenvalue weighted by atomic mass is 10.0. The molecule has 0 radical (unpaired) electrons. The van der Waals surface area contributed by atoms with Gasteiger partial charge < -0.3 is 16.0 Å². The number of carbonyl (C=O) groups excluding carboxylic acids is 1. The third-order valence-corrected chi connectivity index (χ3v) is 3.82. The summed E-state index contributed by atoms with van der Waals surface area (Å²) in [6.45, 7) is 5.41. The summed E-state index contributed by atoms with van der Waals surface area (Å²) < 4.78 is 0. The van der Waals surface area contributed by atoms with Crippen LogP contribution >= 0.6 is 0 Å². The monoisotopic (exact) mass is 256 g/mol. The van der Waals surface area contributed by atoms with Crippen LogP contribution in [0.2, 0.25) is 0 Å². The van der Waals surface area contributed by atoms with Gasteiger partial charge >= 0.3 is 0 Å². The average molecular weight is 256 g/mol. The Balaban J connectivity index is 2.49. The van der Waals surface area contributed by atoms with Crippen LogP contribution in [0, 0.1) is 0 Å². The first-order valence-electron chi connectivity index (χ1n) is 6.95. The molecule has 5 heteroatoms. The molecule has 1 amide bonds. The van der Waals surface area contributed by atoms with Crippen LogP contribution in [0.5, 0.6) is 0 Å². The Kier molecular flexibility index (Phi) is 6.60. The molecule has 2 atom stereocenters. The van der Waals surface area contributed by atoms with Crippen LogP contribution in [0.4, 0.5) is 0 Å². The Hall–Kier alpha value is -0.650. The van der Waals surface area contributed by atoms with Gasteiger partial charge in [-0.15, -0.1) is 0 Å². The molecule has 0 aromatic rings. The fourth-order valence-electron chi connectivity index (χ4n) is 2.65. The van der Waals surface area contributed by atoms with Gasteiger partial charge in [0.15, 0.2) is 0 Å². The van der Waals surface area contributed by atoms with Crippen molar-refractivity contribution in [1.29, 1.82) is 0 Å². The second-order valence-corrected chi connectivity index (χ2v) is 5.27. The third-order valence-electron chi connectivity index (χ3n) is 3.82. The van der Waals surface area contributed by atoms with E-state index in [1.54, 1.807) is 0 Å². The Morgan fingerprint density at radius 2 is 2.33 bits per heavy atom. The smallest absolute Gasteiger partial charge is 0.221 e. The Morgan fingerprint density at radius 1 is 1.61 bits per heavy atom. The van der Waals surface area contributed by atoms with Crippen LogP contribution in [-0.4, -0.2) is 68.1 Å². The van der Waals surface area contributed by atoms with Crippen LogP contribution < -0.4 is 11.1 Å². The van der Waals surface area contributed by atoms with Crippen molar-refractivity contribution in [3.05, 3.63) is 0 Å². The summed E-state index contributed by atoms with van der Waals surface area (Å²) >= 11 is 0. The van der Waals surface area contributed by atoms with E-state index in [1.807, 2.05) is 6.92 Å². The zero-order valence-corrected chi connectivity index (χ0v) is 12.0. The minimum atomic E-state index is 0.101. The number of likely N-dealkylation sites (N-methyl/N-ethyl adjacent to an activating group) is 2. The molecule has 0 aliphatic carbocycles. The molecule has 18 heavy (non-hydrogen) atoms. The molecule has 5 nitrogen and oxygen atoms in total. The molecule has 0 bridgehead atoms. The number of likely N-dealkylation sites (tertiary alicyclic amines) is 1. The number of hydrogen-bond donors (Lipinski definition) is 2. The minimum Gasteiger partial charge on any atom is -0.356 e. The molecule has 0 aromatic heterocycles. The van der Waals surface area contributed by atoms with E-state index in [9.17, 15) is 4.79 Å². The fourth-order valence-corrected chi connectivity index (χ4v) is 2.65. The first kappa shape index (κ1) is 15.4. The van der Waals surface area contributed by atoms with E-state index >= 15 is 0 Å². The number of rotatable bonds is 6. The molecule has 0 spiro atoms. The quantitative estimate of drug-likeness (QED) is 0.695. The van der Waals surface area contributed by atoms with E-state index in [1.165, 1.54) is 19.4 Å². The molecule has 1 aliphatic heterocycles. The van der Waals surface area contributed by atoms with Crippen LogP contribution in [0.25, 0.3) is 0 Å². The van der Waals surface area contributed by atoms with Crippen molar-refractivity contribution < 1.29 is 4.79 Å². The third kappa shape index (κ3) is 4.55. The first-order valence-corrected chi connectivity index (χ1v) is 6.95. The zero-order chi connectivity index (χ0) is 13.5. The molecule has 2 unspecified atom stereocenters. The molecule has 1 fully saturated rings. The van der Waals surface area contributed by atoms with E-state index in [-0.39, 0.29) is 11.9 Å². The largest absolute Gasteiger partial charge is 0.356 e. The summed E-state index contributed by atoms with van der Waals surface area (Å²) in [5, 5.41) is 2.85. The van der Waals surface area contributed by atoms with Gasteiger partial charge in [-0.1, -0.05) is 0 Å². The van der Waals surface area contributed by atoms with Crippen LogP contribution in [0.3, 0.4) is 0 Å². The highest BCUT2D eigenvalue weighted by atomic mass is 16.1. The number of nitrogens with two attached hydrogens (primary N) is 1. The van der Waals surface area contributed by atoms with Crippen molar-refractivity contribution >= 4 is 5.91 Å². The summed E-state index contributed by atoms with van der Waals surface area (Å²) in [6.07, 6.45) is 2.93. The molecule has 0 saturated carbocycles. The molecule has 1 aliphatic rings. The number of nitrogens with one attached hydrogen (secondary N) is 1. The predicted octanol–water partition coefficient (Wildman–Crippen LogP) is -0.134. The Bertz CT molecular complexity index is 259. The highest BCUT2D eigenvalue weighted by molar-refractivity contribution is 5.76. The van der Waals surface area contributed by atoms with Crippen LogP contribution in [-0.2, 0) is 4.79 Å². The first-order chi connectivity index (χ1) is 8.58. The standard InChI is InChI=1S/C13H28N4O/c1-4-15-13(18)8-12(9-14)17(3)11-6-5-7-16(2)10-11/h11-12H,4-10,14H2,1-3H3,(H,15,18). The second kappa shape index (κ2) is 7.71. The van der Waals surface area contributed by atoms with Crippen molar-refractivity contribution in [3.8, 4) is 0 Å². The highest BCUT2D eigenvalue weighted by Crippen LogP contribution is 2.16. The van der Waals surface area contributed by atoms with Gasteiger partial charge in [0.1, 0.15) is 0 Å². The van der Waals surface area contributed by atoms with Crippen molar-refractivity contribution in [1.82, 2.24) is 15.1 Å². The number of carbonyl (C=O) groups is 1. The minimum absolute atomic E-state index is 0.101. The van der Waals surface area contributed by atoms with Gasteiger partial charge in [-0.05, 0) is 40.4 Å². The van der Waals surface area contributed by atoms with Crippen molar-refractivity contribution in [2.75, 3.05) is 40.3 Å². The maximum Gasteiger partial charge on any atom is 0.221 e. The zero-order valence-electron chi connectivity index (χ0n) is 12.0. The second-order valence-electron chi connectivity index (χ2n) is 5.27. The van der Waals surface area contributed by atoms with E-state index in [0.29, 0.717) is 25.6 Å². The van der Waals surface area contributed by atoms with Gasteiger partial charge in [-0.25, -0.2) is 0 Å². The Morgan fingerprint density at radius 3 is 2.89 bits per heavy atom. The van der Waals surface area contributed by atoms with Gasteiger partial charge in [0.25, 0.3) is 0 Å². The van der Waals surface area contributed by atoms with Crippen molar-refractivity contribution in [3.63, 3.8) is 0 Å². The van der Waals surface area contributed by atoms with Gasteiger partial charge in [0.05, 0.1) is 0 Å². The molecular formula is C13H28N4O. The highest BCUT2D eigenvalue weighted by Gasteiger charge is 2.26. The number of hydrogen-bond acceptors (Lipinski definition) is 4. The van der Waals surface area contributed by atoms with Crippen LogP contribution in [0.1, 0.15) is 26.2 Å². The lowest BCUT2D eigenvalue weighted by Gasteiger charge is -2.39. The van der Waals surface area contributed by atoms with E-state index < -0.39 is 0 Å². The summed E-state index contributed by atoms with van der Waals surface area (Å²) in [5.74, 6) is 0.101. The molecule has 1 saturated heterocycles. The molecule has 1 heterocycles. The number of piperidine rings is 1. The predicted molar refractivity (Wildman–Crippen MR) is 74.4 cm³/mol. The SMILES string of the molecule is CCNC(=O)CC(CN)N(C)C1CCCN(C)C1. The van der Waals surface area contributed by atoms with E-state index in [4.69, 9.17) is 5.73 Å². The normalized spacial score (nSPS) is 23.1. The summed E-state index contributed by atoms with van der Waals surface area (Å²) in [7, 11) is 4.25. The van der Waals surface area contributed by atoms with Gasteiger partial charge in [-0.2, -0.15) is 0 Å². The molecule has 1 rings (SSSR count). The molecular weight excluding hydrogens is 228 g/mol. The summed E-state index contributed by atoms with van der Waals surface area (Å²) in [4.78, 5) is 16.3. The topological polar surface area (TPSA) is 61.6 Å². The van der Waals surface area contributed by atoms with Crippen molar-refractivity contribution in [2.45, 2.75) is 38.3 Å². The van der Waals surface area contributed by atoms with Crippen LogP contribution in [0.15, 0.2) is 0 Å². The molecule has 106 valence electrons. The number of nitrogens with zero attached hydrogens (tertiary/aromatic N) is 2. The lowest BCUT2D eigenvalue weighted by Crippen LogP contribution is -2.52. The molecule has 3 N–H and O–H groups in total. The van der Waals surface area contributed by atoms with E-state index in [2.05, 4.69) is 29.2 Å². The fraction of sp³-hybridized carbons (Fsp3) is 0.923. The van der Waals surface area contributed by atoms with Gasteiger partial charge in [0.2, 0.25) is 5.91 Å².